The highest BCUT2D eigenvalue weighted by Crippen LogP contribution is 2.22. The Morgan fingerprint density at radius 2 is 2.39 bits per heavy atom. The van der Waals surface area contributed by atoms with Crippen molar-refractivity contribution in [3.63, 3.8) is 0 Å². The minimum Gasteiger partial charge on any atom is -0.399 e. The van der Waals surface area contributed by atoms with E-state index in [0.29, 0.717) is 17.5 Å². The molecule has 0 saturated heterocycles. The van der Waals surface area contributed by atoms with Gasteiger partial charge in [-0.25, -0.2) is 4.98 Å². The maximum Gasteiger partial charge on any atom is 0.230 e. The molecular formula is C12H14N4OS. The molecule has 1 aliphatic carbocycles. The van der Waals surface area contributed by atoms with E-state index in [1.54, 1.807) is 0 Å². The monoisotopic (exact) mass is 262 g/mol. The zero-order valence-corrected chi connectivity index (χ0v) is 10.6. The molecule has 1 heterocycles. The van der Waals surface area contributed by atoms with Gasteiger partial charge in [0.15, 0.2) is 5.16 Å². The summed E-state index contributed by atoms with van der Waals surface area (Å²) in [6.07, 6.45) is 2.22. The largest absolute Gasteiger partial charge is 0.399 e. The van der Waals surface area contributed by atoms with E-state index >= 15 is 0 Å². The third kappa shape index (κ3) is 2.59. The highest BCUT2D eigenvalue weighted by atomic mass is 32.2. The Hall–Kier alpha value is -1.69. The second kappa shape index (κ2) is 4.53. The summed E-state index contributed by atoms with van der Waals surface area (Å²) in [4.78, 5) is 19.1. The van der Waals surface area contributed by atoms with Gasteiger partial charge in [-0.2, -0.15) is 0 Å². The number of hydrogen-bond acceptors (Lipinski definition) is 4. The fourth-order valence-electron chi connectivity index (χ4n) is 1.70. The summed E-state index contributed by atoms with van der Waals surface area (Å²) in [7, 11) is 0. The second-order valence-corrected chi connectivity index (χ2v) is 5.41. The van der Waals surface area contributed by atoms with Crippen LogP contribution >= 0.6 is 11.8 Å². The Morgan fingerprint density at radius 1 is 1.56 bits per heavy atom. The molecule has 0 radical (unpaired) electrons. The molecule has 5 nitrogen and oxygen atoms in total. The topological polar surface area (TPSA) is 83.8 Å². The van der Waals surface area contributed by atoms with Gasteiger partial charge < -0.3 is 16.0 Å². The van der Waals surface area contributed by atoms with Crippen molar-refractivity contribution in [2.75, 3.05) is 11.5 Å². The summed E-state index contributed by atoms with van der Waals surface area (Å²) >= 11 is 1.41. The molecule has 1 aromatic carbocycles. The maximum absolute atomic E-state index is 11.5. The first kappa shape index (κ1) is 11.4. The average molecular weight is 262 g/mol. The predicted octanol–water partition coefficient (Wildman–Crippen LogP) is 1.52. The number of nitrogens with two attached hydrogens (primary N) is 1. The number of rotatable bonds is 4. The molecule has 0 aliphatic heterocycles. The zero-order chi connectivity index (χ0) is 12.5. The number of aromatic nitrogens is 2. The maximum atomic E-state index is 11.5. The number of nitrogens with one attached hydrogen (secondary N) is 2. The summed E-state index contributed by atoms with van der Waals surface area (Å²) in [6.45, 7) is 0. The number of carbonyl (C=O) groups is 1. The molecule has 94 valence electrons. The lowest BCUT2D eigenvalue weighted by atomic mass is 10.3. The van der Waals surface area contributed by atoms with Crippen LogP contribution in [0.25, 0.3) is 11.0 Å². The Labute approximate surface area is 109 Å². The number of imidazole rings is 1. The Morgan fingerprint density at radius 3 is 3.17 bits per heavy atom. The van der Waals surface area contributed by atoms with Crippen LogP contribution in [-0.4, -0.2) is 27.7 Å². The molecule has 0 atom stereocenters. The standard InChI is InChI=1S/C12H14N4OS/c13-7-1-4-9-10(5-7)16-12(15-9)18-6-11(17)14-8-2-3-8/h1,4-5,8H,2-3,6,13H2,(H,14,17)(H,15,16). The van der Waals surface area contributed by atoms with Crippen LogP contribution in [0, 0.1) is 0 Å². The van der Waals surface area contributed by atoms with Gasteiger partial charge in [0.05, 0.1) is 16.8 Å². The molecule has 3 rings (SSSR count). The number of benzene rings is 1. The fraction of sp³-hybridized carbons (Fsp3) is 0.333. The molecule has 4 N–H and O–H groups in total. The number of thioether (sulfide) groups is 1. The van der Waals surface area contributed by atoms with Crippen LogP contribution < -0.4 is 11.1 Å². The number of nitrogen functional groups attached to an aromatic ring is 1. The highest BCUT2D eigenvalue weighted by molar-refractivity contribution is 7.99. The Bertz CT molecular complexity index is 591. The molecule has 1 fully saturated rings. The highest BCUT2D eigenvalue weighted by Gasteiger charge is 2.23. The SMILES string of the molecule is Nc1ccc2nc(SCC(=O)NC3CC3)[nH]c2c1. The molecule has 1 aliphatic rings. The molecule has 0 spiro atoms. The molecule has 18 heavy (non-hydrogen) atoms. The molecule has 6 heteroatoms. The first-order chi connectivity index (χ1) is 8.70. The molecule has 1 aromatic heterocycles. The van der Waals surface area contributed by atoms with Crippen molar-refractivity contribution in [1.82, 2.24) is 15.3 Å². The molecule has 2 aromatic rings. The fourth-order valence-corrected chi connectivity index (χ4v) is 2.40. The second-order valence-electron chi connectivity index (χ2n) is 4.45. The molecule has 1 amide bonds. The van der Waals surface area contributed by atoms with E-state index in [-0.39, 0.29) is 5.91 Å². The van der Waals surface area contributed by atoms with Crippen molar-refractivity contribution >= 4 is 34.4 Å². The van der Waals surface area contributed by atoms with Gasteiger partial charge in [-0.05, 0) is 31.0 Å². The van der Waals surface area contributed by atoms with Crippen molar-refractivity contribution in [1.29, 1.82) is 0 Å². The number of hydrogen-bond donors (Lipinski definition) is 3. The van der Waals surface area contributed by atoms with Crippen molar-refractivity contribution in [2.24, 2.45) is 0 Å². The molecular weight excluding hydrogens is 248 g/mol. The number of fused-ring (bicyclic) bond motifs is 1. The minimum atomic E-state index is 0.0717. The van der Waals surface area contributed by atoms with Crippen molar-refractivity contribution in [3.8, 4) is 0 Å². The van der Waals surface area contributed by atoms with Crippen LogP contribution in [0.4, 0.5) is 5.69 Å². The quantitative estimate of drug-likeness (QED) is 0.576. The summed E-state index contributed by atoms with van der Waals surface area (Å²) in [5, 5.41) is 3.70. The average Bonchev–Trinajstić information content (AvgIpc) is 3.04. The van der Waals surface area contributed by atoms with E-state index < -0.39 is 0 Å². The van der Waals surface area contributed by atoms with Crippen LogP contribution in [0.15, 0.2) is 23.4 Å². The lowest BCUT2D eigenvalue weighted by Gasteiger charge is -2.00. The number of nitrogens with zero attached hydrogens (tertiary/aromatic N) is 1. The number of aromatic amines is 1. The van der Waals surface area contributed by atoms with E-state index in [2.05, 4.69) is 15.3 Å². The van der Waals surface area contributed by atoms with E-state index in [9.17, 15) is 4.79 Å². The zero-order valence-electron chi connectivity index (χ0n) is 9.77. The molecule has 1 saturated carbocycles. The molecule has 0 bridgehead atoms. The van der Waals surface area contributed by atoms with Crippen LogP contribution in [0.5, 0.6) is 0 Å². The lowest BCUT2D eigenvalue weighted by Crippen LogP contribution is -2.27. The van der Waals surface area contributed by atoms with Gasteiger partial charge in [0, 0.05) is 11.7 Å². The third-order valence-electron chi connectivity index (χ3n) is 2.77. The van der Waals surface area contributed by atoms with E-state index in [0.717, 1.165) is 29.0 Å². The van der Waals surface area contributed by atoms with Crippen LogP contribution in [0.2, 0.25) is 0 Å². The van der Waals surface area contributed by atoms with E-state index in [4.69, 9.17) is 5.73 Å². The van der Waals surface area contributed by atoms with Crippen LogP contribution in [0.3, 0.4) is 0 Å². The summed E-state index contributed by atoms with van der Waals surface area (Å²) in [5.74, 6) is 0.466. The van der Waals surface area contributed by atoms with Gasteiger partial charge in [0.2, 0.25) is 5.91 Å². The first-order valence-corrected chi connectivity index (χ1v) is 6.87. The number of amides is 1. The minimum absolute atomic E-state index is 0.0717. The van der Waals surface area contributed by atoms with E-state index in [1.165, 1.54) is 11.8 Å². The Balaban J connectivity index is 1.64. The van der Waals surface area contributed by atoms with Gasteiger partial charge in [-0.3, -0.25) is 4.79 Å². The Kier molecular flexibility index (Phi) is 2.87. The predicted molar refractivity (Wildman–Crippen MR) is 72.4 cm³/mol. The summed E-state index contributed by atoms with van der Waals surface area (Å²) in [5.41, 5.74) is 8.17. The van der Waals surface area contributed by atoms with Gasteiger partial charge in [-0.1, -0.05) is 11.8 Å². The van der Waals surface area contributed by atoms with Crippen molar-refractivity contribution < 1.29 is 4.79 Å². The smallest absolute Gasteiger partial charge is 0.230 e. The van der Waals surface area contributed by atoms with Gasteiger partial charge in [0.25, 0.3) is 0 Å². The first-order valence-electron chi connectivity index (χ1n) is 5.88. The number of carbonyl (C=O) groups excluding carboxylic acids is 1. The van der Waals surface area contributed by atoms with Crippen molar-refractivity contribution in [2.45, 2.75) is 24.0 Å². The number of H-pyrrole nitrogens is 1. The van der Waals surface area contributed by atoms with Gasteiger partial charge >= 0.3 is 0 Å². The van der Waals surface area contributed by atoms with Crippen molar-refractivity contribution in [3.05, 3.63) is 18.2 Å². The van der Waals surface area contributed by atoms with Gasteiger partial charge in [-0.15, -0.1) is 0 Å². The van der Waals surface area contributed by atoms with Crippen LogP contribution in [0.1, 0.15) is 12.8 Å². The summed E-state index contributed by atoms with van der Waals surface area (Å²) < 4.78 is 0. The van der Waals surface area contributed by atoms with Crippen LogP contribution in [-0.2, 0) is 4.79 Å². The van der Waals surface area contributed by atoms with E-state index in [1.807, 2.05) is 18.2 Å². The lowest BCUT2D eigenvalue weighted by molar-refractivity contribution is -0.118. The third-order valence-corrected chi connectivity index (χ3v) is 3.64. The number of anilines is 1. The molecule has 0 unspecified atom stereocenters. The normalized spacial score (nSPS) is 14.9. The van der Waals surface area contributed by atoms with Gasteiger partial charge in [0.1, 0.15) is 0 Å². The summed E-state index contributed by atoms with van der Waals surface area (Å²) in [6, 6.07) is 5.94.